The molecule has 0 unspecified atom stereocenters. The molecule has 1 amide bonds. The molecule has 0 aliphatic rings. The van der Waals surface area contributed by atoms with E-state index in [4.69, 9.17) is 11.2 Å². The maximum atomic E-state index is 11.7. The van der Waals surface area contributed by atoms with Gasteiger partial charge in [-0.3, -0.25) is 5.32 Å². The predicted octanol–water partition coefficient (Wildman–Crippen LogP) is 3.60. The lowest BCUT2D eigenvalue weighted by Crippen LogP contribution is -2.27. The molecule has 18 heavy (non-hydrogen) atoms. The average Bonchev–Trinajstić information content (AvgIpc) is 2.25. The third-order valence-electron chi connectivity index (χ3n) is 2.19. The molecule has 0 aromatic heterocycles. The lowest BCUT2D eigenvalue weighted by atomic mass is 10.1. The molecule has 3 heteroatoms. The molecular weight excluding hydrogens is 226 g/mol. The van der Waals surface area contributed by atoms with E-state index in [0.717, 1.165) is 17.7 Å². The van der Waals surface area contributed by atoms with E-state index in [1.807, 2.05) is 45.0 Å². The molecule has 0 bridgehead atoms. The average molecular weight is 245 g/mol. The summed E-state index contributed by atoms with van der Waals surface area (Å²) < 4.78 is 5.21. The van der Waals surface area contributed by atoms with E-state index in [9.17, 15) is 4.79 Å². The van der Waals surface area contributed by atoms with Gasteiger partial charge in [-0.25, -0.2) is 4.79 Å². The molecule has 0 aliphatic carbocycles. The molecule has 96 valence electrons. The third-order valence-corrected chi connectivity index (χ3v) is 2.19. The largest absolute Gasteiger partial charge is 0.444 e. The monoisotopic (exact) mass is 245 g/mol. The quantitative estimate of drug-likeness (QED) is 0.826. The summed E-state index contributed by atoms with van der Waals surface area (Å²) in [6, 6.07) is 7.58. The first-order chi connectivity index (χ1) is 8.42. The summed E-state index contributed by atoms with van der Waals surface area (Å²) >= 11 is 0. The minimum Gasteiger partial charge on any atom is -0.444 e. The standard InChI is InChI=1S/C15H19NO2/c1-5-6-9-12-10-7-8-11-13(12)16-14(17)18-15(2,3)4/h1,7-8,10-11H,6,9H2,2-4H3,(H,16,17). The number of ether oxygens (including phenoxy) is 1. The van der Waals surface area contributed by atoms with Crippen molar-refractivity contribution in [1.82, 2.24) is 0 Å². The van der Waals surface area contributed by atoms with Crippen molar-refractivity contribution in [1.29, 1.82) is 0 Å². The van der Waals surface area contributed by atoms with Crippen LogP contribution in [0.5, 0.6) is 0 Å². The van der Waals surface area contributed by atoms with Crippen LogP contribution in [0.4, 0.5) is 10.5 Å². The minimum absolute atomic E-state index is 0.448. The van der Waals surface area contributed by atoms with E-state index in [1.165, 1.54) is 0 Å². The number of benzene rings is 1. The Hall–Kier alpha value is -1.95. The van der Waals surface area contributed by atoms with Crippen LogP contribution in [-0.4, -0.2) is 11.7 Å². The number of nitrogens with one attached hydrogen (secondary N) is 1. The molecule has 0 fully saturated rings. The van der Waals surface area contributed by atoms with Gasteiger partial charge in [0, 0.05) is 12.1 Å². The maximum Gasteiger partial charge on any atom is 0.412 e. The van der Waals surface area contributed by atoms with Crippen LogP contribution >= 0.6 is 0 Å². The Balaban J connectivity index is 2.72. The van der Waals surface area contributed by atoms with Gasteiger partial charge < -0.3 is 4.74 Å². The fraction of sp³-hybridized carbons (Fsp3) is 0.400. The Kier molecular flexibility index (Phi) is 4.79. The topological polar surface area (TPSA) is 38.3 Å². The Morgan fingerprint density at radius 3 is 2.67 bits per heavy atom. The molecular formula is C15H19NO2. The first kappa shape index (κ1) is 14.1. The van der Waals surface area contributed by atoms with Crippen molar-refractivity contribution < 1.29 is 9.53 Å². The van der Waals surface area contributed by atoms with Gasteiger partial charge in [0.1, 0.15) is 5.60 Å². The molecule has 1 N–H and O–H groups in total. The van der Waals surface area contributed by atoms with Crippen LogP contribution in [0.1, 0.15) is 32.8 Å². The number of aryl methyl sites for hydroxylation is 1. The number of anilines is 1. The Bertz CT molecular complexity index is 452. The summed E-state index contributed by atoms with van der Waals surface area (Å²) in [6.07, 6.45) is 6.18. The second-order valence-electron chi connectivity index (χ2n) is 4.99. The summed E-state index contributed by atoms with van der Waals surface area (Å²) in [5.41, 5.74) is 1.26. The van der Waals surface area contributed by atoms with E-state index in [-0.39, 0.29) is 0 Å². The van der Waals surface area contributed by atoms with Crippen molar-refractivity contribution in [2.24, 2.45) is 0 Å². The second-order valence-corrected chi connectivity index (χ2v) is 4.99. The predicted molar refractivity (Wildman–Crippen MR) is 73.5 cm³/mol. The highest BCUT2D eigenvalue weighted by Crippen LogP contribution is 2.18. The number of para-hydroxylation sites is 1. The van der Waals surface area contributed by atoms with Gasteiger partial charge in [-0.2, -0.15) is 0 Å². The van der Waals surface area contributed by atoms with Crippen LogP contribution in [0, 0.1) is 12.3 Å². The van der Waals surface area contributed by atoms with Crippen molar-refractivity contribution in [3.05, 3.63) is 29.8 Å². The van der Waals surface area contributed by atoms with E-state index in [1.54, 1.807) is 0 Å². The molecule has 0 heterocycles. The molecule has 0 spiro atoms. The van der Waals surface area contributed by atoms with Crippen molar-refractivity contribution in [2.45, 2.75) is 39.2 Å². The van der Waals surface area contributed by atoms with Crippen LogP contribution in [0.15, 0.2) is 24.3 Å². The first-order valence-corrected chi connectivity index (χ1v) is 5.94. The Morgan fingerprint density at radius 1 is 1.39 bits per heavy atom. The van der Waals surface area contributed by atoms with Crippen LogP contribution in [-0.2, 0) is 11.2 Å². The normalized spacial score (nSPS) is 10.6. The third kappa shape index (κ3) is 4.92. The number of carbonyl (C=O) groups excluding carboxylic acids is 1. The van der Waals surface area contributed by atoms with Crippen LogP contribution in [0.2, 0.25) is 0 Å². The summed E-state index contributed by atoms with van der Waals surface area (Å²) in [6.45, 7) is 5.49. The molecule has 0 aliphatic heterocycles. The fourth-order valence-corrected chi connectivity index (χ4v) is 1.48. The van der Waals surface area contributed by atoms with Gasteiger partial charge in [0.2, 0.25) is 0 Å². The molecule has 3 nitrogen and oxygen atoms in total. The zero-order chi connectivity index (χ0) is 13.6. The van der Waals surface area contributed by atoms with Gasteiger partial charge in [-0.05, 0) is 38.8 Å². The zero-order valence-corrected chi connectivity index (χ0v) is 11.1. The van der Waals surface area contributed by atoms with Crippen LogP contribution in [0.3, 0.4) is 0 Å². The maximum absolute atomic E-state index is 11.7. The van der Waals surface area contributed by atoms with Gasteiger partial charge in [0.25, 0.3) is 0 Å². The Labute approximate surface area is 109 Å². The number of carbonyl (C=O) groups is 1. The first-order valence-electron chi connectivity index (χ1n) is 5.94. The van der Waals surface area contributed by atoms with Crippen molar-refractivity contribution in [2.75, 3.05) is 5.32 Å². The SMILES string of the molecule is C#CCCc1ccccc1NC(=O)OC(C)(C)C. The number of hydrogen-bond acceptors (Lipinski definition) is 2. The fourth-order valence-electron chi connectivity index (χ4n) is 1.48. The summed E-state index contributed by atoms with van der Waals surface area (Å²) in [5.74, 6) is 2.59. The zero-order valence-electron chi connectivity index (χ0n) is 11.1. The van der Waals surface area contributed by atoms with E-state index >= 15 is 0 Å². The smallest absolute Gasteiger partial charge is 0.412 e. The molecule has 0 saturated heterocycles. The van der Waals surface area contributed by atoms with Crippen LogP contribution < -0.4 is 5.32 Å². The summed E-state index contributed by atoms with van der Waals surface area (Å²) in [7, 11) is 0. The molecule has 1 aromatic carbocycles. The number of terminal acetylenes is 1. The highest BCUT2D eigenvalue weighted by atomic mass is 16.6. The van der Waals surface area contributed by atoms with Gasteiger partial charge in [0.05, 0.1) is 0 Å². The highest BCUT2D eigenvalue weighted by Gasteiger charge is 2.16. The van der Waals surface area contributed by atoms with Gasteiger partial charge in [-0.15, -0.1) is 12.3 Å². The van der Waals surface area contributed by atoms with Crippen LogP contribution in [0.25, 0.3) is 0 Å². The van der Waals surface area contributed by atoms with E-state index < -0.39 is 11.7 Å². The second kappa shape index (κ2) is 6.11. The lowest BCUT2D eigenvalue weighted by molar-refractivity contribution is 0.0636. The van der Waals surface area contributed by atoms with Gasteiger partial charge in [-0.1, -0.05) is 18.2 Å². The van der Waals surface area contributed by atoms with Crippen molar-refractivity contribution >= 4 is 11.8 Å². The van der Waals surface area contributed by atoms with Gasteiger partial charge in [0.15, 0.2) is 0 Å². The lowest BCUT2D eigenvalue weighted by Gasteiger charge is -2.20. The number of amides is 1. The molecule has 0 atom stereocenters. The van der Waals surface area contributed by atoms with Crippen molar-refractivity contribution in [3.8, 4) is 12.3 Å². The molecule has 1 aromatic rings. The highest BCUT2D eigenvalue weighted by molar-refractivity contribution is 5.85. The number of hydrogen-bond donors (Lipinski definition) is 1. The van der Waals surface area contributed by atoms with Crippen molar-refractivity contribution in [3.63, 3.8) is 0 Å². The van der Waals surface area contributed by atoms with E-state index in [0.29, 0.717) is 6.42 Å². The van der Waals surface area contributed by atoms with Gasteiger partial charge >= 0.3 is 6.09 Å². The summed E-state index contributed by atoms with van der Waals surface area (Å²) in [4.78, 5) is 11.7. The molecule has 0 saturated carbocycles. The minimum atomic E-state index is -0.502. The molecule has 0 radical (unpaired) electrons. The number of rotatable bonds is 3. The Morgan fingerprint density at radius 2 is 2.06 bits per heavy atom. The summed E-state index contributed by atoms with van der Waals surface area (Å²) in [5, 5.41) is 2.75. The molecule has 1 rings (SSSR count). The van der Waals surface area contributed by atoms with E-state index in [2.05, 4.69) is 11.2 Å².